The van der Waals surface area contributed by atoms with E-state index in [0.29, 0.717) is 6.10 Å². The summed E-state index contributed by atoms with van der Waals surface area (Å²) in [5, 5.41) is 3.51. The Hall–Kier alpha value is -0.0800. The van der Waals surface area contributed by atoms with Crippen LogP contribution >= 0.6 is 0 Å². The first-order valence-corrected chi connectivity index (χ1v) is 6.62. The summed E-state index contributed by atoms with van der Waals surface area (Å²) in [4.78, 5) is 0. The van der Waals surface area contributed by atoms with Crippen molar-refractivity contribution in [1.29, 1.82) is 0 Å². The van der Waals surface area contributed by atoms with Crippen molar-refractivity contribution in [2.45, 2.75) is 57.6 Å². The molecule has 2 aliphatic rings. The molecule has 0 radical (unpaired) electrons. The van der Waals surface area contributed by atoms with Crippen LogP contribution in [0.4, 0.5) is 0 Å². The lowest BCUT2D eigenvalue weighted by atomic mass is 9.71. The molecule has 0 amide bonds. The van der Waals surface area contributed by atoms with E-state index in [1.807, 2.05) is 0 Å². The quantitative estimate of drug-likeness (QED) is 0.729. The third kappa shape index (κ3) is 2.73. The van der Waals surface area contributed by atoms with E-state index in [1.54, 1.807) is 0 Å². The standard InChI is InChI=1S/C13H25NO/c1-3-15-12-7-10(8-12)9-13(14-2)11-5-4-6-11/h10-14H,3-9H2,1-2H3. The number of nitrogens with one attached hydrogen (secondary N) is 1. The van der Waals surface area contributed by atoms with Gasteiger partial charge in [0.1, 0.15) is 0 Å². The molecule has 1 unspecified atom stereocenters. The van der Waals surface area contributed by atoms with Gasteiger partial charge in [0.2, 0.25) is 0 Å². The summed E-state index contributed by atoms with van der Waals surface area (Å²) in [7, 11) is 2.13. The highest BCUT2D eigenvalue weighted by molar-refractivity contribution is 4.88. The minimum atomic E-state index is 0.582. The van der Waals surface area contributed by atoms with Crippen LogP contribution in [0.1, 0.15) is 45.4 Å². The van der Waals surface area contributed by atoms with Gasteiger partial charge in [0, 0.05) is 12.6 Å². The van der Waals surface area contributed by atoms with Gasteiger partial charge >= 0.3 is 0 Å². The molecule has 2 fully saturated rings. The van der Waals surface area contributed by atoms with Gasteiger partial charge in [-0.05, 0) is 57.9 Å². The SMILES string of the molecule is CCOC1CC(CC(NC)C2CCC2)C1. The summed E-state index contributed by atoms with van der Waals surface area (Å²) in [5.74, 6) is 1.90. The Morgan fingerprint density at radius 2 is 2.07 bits per heavy atom. The van der Waals surface area contributed by atoms with Crippen LogP contribution in [0.3, 0.4) is 0 Å². The minimum absolute atomic E-state index is 0.582. The van der Waals surface area contributed by atoms with Crippen LogP contribution in [0.5, 0.6) is 0 Å². The fourth-order valence-electron chi connectivity index (χ4n) is 2.99. The van der Waals surface area contributed by atoms with Crippen molar-refractivity contribution in [3.8, 4) is 0 Å². The second-order valence-corrected chi connectivity index (χ2v) is 5.24. The van der Waals surface area contributed by atoms with E-state index >= 15 is 0 Å². The van der Waals surface area contributed by atoms with Crippen LogP contribution in [0, 0.1) is 11.8 Å². The third-order valence-corrected chi connectivity index (χ3v) is 4.27. The number of hydrogen-bond donors (Lipinski definition) is 1. The van der Waals surface area contributed by atoms with E-state index in [4.69, 9.17) is 4.74 Å². The molecule has 0 heterocycles. The van der Waals surface area contributed by atoms with Crippen molar-refractivity contribution in [2.24, 2.45) is 11.8 Å². The van der Waals surface area contributed by atoms with E-state index in [9.17, 15) is 0 Å². The van der Waals surface area contributed by atoms with Crippen LogP contribution in [0.25, 0.3) is 0 Å². The Kier molecular flexibility index (Phi) is 4.04. The maximum atomic E-state index is 5.60. The normalized spacial score (nSPS) is 33.2. The smallest absolute Gasteiger partial charge is 0.0580 e. The molecule has 2 heteroatoms. The van der Waals surface area contributed by atoms with Crippen LogP contribution < -0.4 is 5.32 Å². The Morgan fingerprint density at radius 3 is 2.53 bits per heavy atom. The lowest BCUT2D eigenvalue weighted by molar-refractivity contribution is -0.0318. The zero-order valence-corrected chi connectivity index (χ0v) is 10.2. The second-order valence-electron chi connectivity index (χ2n) is 5.24. The van der Waals surface area contributed by atoms with Crippen molar-refractivity contribution < 1.29 is 4.74 Å². The van der Waals surface area contributed by atoms with Crippen LogP contribution in [-0.4, -0.2) is 25.8 Å². The van der Waals surface area contributed by atoms with Crippen LogP contribution in [-0.2, 0) is 4.74 Å². The van der Waals surface area contributed by atoms with Crippen LogP contribution in [0.2, 0.25) is 0 Å². The van der Waals surface area contributed by atoms with Gasteiger partial charge < -0.3 is 10.1 Å². The molecule has 2 aliphatic carbocycles. The summed E-state index contributed by atoms with van der Waals surface area (Å²) in [6.07, 6.45) is 8.93. The Bertz CT molecular complexity index is 185. The lowest BCUT2D eigenvalue weighted by Crippen LogP contribution is -2.42. The molecular formula is C13H25NO. The molecule has 0 aliphatic heterocycles. The van der Waals surface area contributed by atoms with Crippen molar-refractivity contribution in [3.05, 3.63) is 0 Å². The predicted octanol–water partition coefficient (Wildman–Crippen LogP) is 2.58. The molecule has 0 spiro atoms. The lowest BCUT2D eigenvalue weighted by Gasteiger charge is -2.41. The van der Waals surface area contributed by atoms with Gasteiger partial charge in [-0.25, -0.2) is 0 Å². The molecule has 0 aromatic heterocycles. The highest BCUT2D eigenvalue weighted by atomic mass is 16.5. The van der Waals surface area contributed by atoms with Crippen molar-refractivity contribution in [3.63, 3.8) is 0 Å². The largest absolute Gasteiger partial charge is 0.378 e. The summed E-state index contributed by atoms with van der Waals surface area (Å²) >= 11 is 0. The summed E-state index contributed by atoms with van der Waals surface area (Å²) in [5.41, 5.74) is 0. The van der Waals surface area contributed by atoms with E-state index in [2.05, 4.69) is 19.3 Å². The topological polar surface area (TPSA) is 21.3 Å². The molecule has 0 aromatic rings. The Morgan fingerprint density at radius 1 is 1.33 bits per heavy atom. The number of hydrogen-bond acceptors (Lipinski definition) is 2. The van der Waals surface area contributed by atoms with Crippen molar-refractivity contribution in [2.75, 3.05) is 13.7 Å². The maximum Gasteiger partial charge on any atom is 0.0580 e. The molecular weight excluding hydrogens is 186 g/mol. The highest BCUT2D eigenvalue weighted by Gasteiger charge is 2.34. The number of rotatable bonds is 6. The van der Waals surface area contributed by atoms with Gasteiger partial charge in [-0.2, -0.15) is 0 Å². The minimum Gasteiger partial charge on any atom is -0.378 e. The van der Waals surface area contributed by atoms with E-state index in [0.717, 1.165) is 24.5 Å². The molecule has 2 nitrogen and oxygen atoms in total. The first kappa shape index (κ1) is 11.4. The average Bonchev–Trinajstić information content (AvgIpc) is 2.10. The van der Waals surface area contributed by atoms with E-state index in [-0.39, 0.29) is 0 Å². The van der Waals surface area contributed by atoms with Gasteiger partial charge in [0.15, 0.2) is 0 Å². The highest BCUT2D eigenvalue weighted by Crippen LogP contribution is 2.38. The maximum absolute atomic E-state index is 5.60. The molecule has 15 heavy (non-hydrogen) atoms. The first-order valence-electron chi connectivity index (χ1n) is 6.62. The van der Waals surface area contributed by atoms with Gasteiger partial charge in [0.05, 0.1) is 6.10 Å². The molecule has 0 bridgehead atoms. The first-order chi connectivity index (χ1) is 7.33. The summed E-state index contributed by atoms with van der Waals surface area (Å²) in [6.45, 7) is 2.98. The van der Waals surface area contributed by atoms with Crippen LogP contribution in [0.15, 0.2) is 0 Å². The second kappa shape index (κ2) is 5.31. The molecule has 2 saturated carbocycles. The molecule has 2 rings (SSSR count). The zero-order valence-electron chi connectivity index (χ0n) is 10.2. The fourth-order valence-corrected chi connectivity index (χ4v) is 2.99. The molecule has 88 valence electrons. The van der Waals surface area contributed by atoms with Gasteiger partial charge in [-0.1, -0.05) is 6.42 Å². The van der Waals surface area contributed by atoms with Gasteiger partial charge in [-0.3, -0.25) is 0 Å². The molecule has 0 saturated heterocycles. The Balaban J connectivity index is 1.64. The van der Waals surface area contributed by atoms with E-state index < -0.39 is 0 Å². The van der Waals surface area contributed by atoms with Gasteiger partial charge in [0.25, 0.3) is 0 Å². The average molecular weight is 211 g/mol. The predicted molar refractivity (Wildman–Crippen MR) is 62.9 cm³/mol. The van der Waals surface area contributed by atoms with Crippen molar-refractivity contribution >= 4 is 0 Å². The Labute approximate surface area is 93.8 Å². The van der Waals surface area contributed by atoms with Crippen molar-refractivity contribution in [1.82, 2.24) is 5.32 Å². The third-order valence-electron chi connectivity index (χ3n) is 4.27. The van der Waals surface area contributed by atoms with Gasteiger partial charge in [-0.15, -0.1) is 0 Å². The summed E-state index contributed by atoms with van der Waals surface area (Å²) < 4.78 is 5.60. The molecule has 1 atom stereocenters. The zero-order chi connectivity index (χ0) is 10.7. The summed E-state index contributed by atoms with van der Waals surface area (Å²) in [6, 6.07) is 0.784. The monoisotopic (exact) mass is 211 g/mol. The molecule has 0 aromatic carbocycles. The molecule has 1 N–H and O–H groups in total. The van der Waals surface area contributed by atoms with E-state index in [1.165, 1.54) is 38.5 Å². The number of ether oxygens (including phenoxy) is 1. The fraction of sp³-hybridized carbons (Fsp3) is 1.00.